The molecule has 0 saturated heterocycles. The van der Waals surface area contributed by atoms with Gasteiger partial charge in [-0.3, -0.25) is 4.57 Å². The Labute approximate surface area is 86.4 Å². The fourth-order valence-electron chi connectivity index (χ4n) is 1.10. The van der Waals surface area contributed by atoms with Crippen molar-refractivity contribution in [2.45, 2.75) is 0 Å². The Kier molecular flexibility index (Phi) is 2.24. The molecule has 2 aromatic heterocycles. The van der Waals surface area contributed by atoms with E-state index in [2.05, 4.69) is 9.97 Å². The van der Waals surface area contributed by atoms with Gasteiger partial charge in [0.25, 0.3) is 0 Å². The third kappa shape index (κ3) is 1.62. The number of hydrogen-bond acceptors (Lipinski definition) is 3. The van der Waals surface area contributed by atoms with Crippen LogP contribution in [0, 0.1) is 0 Å². The molecular formula is C9H8N4S. The fourth-order valence-corrected chi connectivity index (χ4v) is 1.21. The molecule has 0 aliphatic carbocycles. The lowest BCUT2D eigenvalue weighted by atomic mass is 10.3. The second-order valence-electron chi connectivity index (χ2n) is 2.72. The van der Waals surface area contributed by atoms with Crippen LogP contribution in [-0.2, 0) is 0 Å². The van der Waals surface area contributed by atoms with E-state index in [0.717, 1.165) is 5.82 Å². The zero-order valence-electron chi connectivity index (χ0n) is 7.29. The van der Waals surface area contributed by atoms with Crippen LogP contribution < -0.4 is 5.73 Å². The molecule has 0 fully saturated rings. The summed E-state index contributed by atoms with van der Waals surface area (Å²) in [5.74, 6) is 0.757. The van der Waals surface area contributed by atoms with Crippen molar-refractivity contribution in [2.24, 2.45) is 5.73 Å². The zero-order valence-corrected chi connectivity index (χ0v) is 8.11. The number of imidazole rings is 1. The highest BCUT2D eigenvalue weighted by atomic mass is 32.1. The average molecular weight is 204 g/mol. The molecule has 0 spiro atoms. The van der Waals surface area contributed by atoms with Gasteiger partial charge in [-0.2, -0.15) is 0 Å². The van der Waals surface area contributed by atoms with Gasteiger partial charge in [-0.15, -0.1) is 0 Å². The quantitative estimate of drug-likeness (QED) is 0.738. The van der Waals surface area contributed by atoms with Gasteiger partial charge in [-0.05, 0) is 12.1 Å². The van der Waals surface area contributed by atoms with Crippen molar-refractivity contribution in [3.8, 4) is 5.82 Å². The van der Waals surface area contributed by atoms with Gasteiger partial charge >= 0.3 is 0 Å². The van der Waals surface area contributed by atoms with E-state index in [0.29, 0.717) is 10.7 Å². The van der Waals surface area contributed by atoms with Crippen molar-refractivity contribution in [3.05, 3.63) is 42.6 Å². The van der Waals surface area contributed by atoms with E-state index in [1.807, 2.05) is 18.3 Å². The maximum atomic E-state index is 5.48. The van der Waals surface area contributed by atoms with E-state index in [1.165, 1.54) is 0 Å². The number of thiocarbonyl (C=S) groups is 1. The summed E-state index contributed by atoms with van der Waals surface area (Å²) in [5, 5.41) is 0. The van der Waals surface area contributed by atoms with Crippen molar-refractivity contribution >= 4 is 17.2 Å². The smallest absolute Gasteiger partial charge is 0.138 e. The first-order chi connectivity index (χ1) is 6.77. The highest BCUT2D eigenvalue weighted by molar-refractivity contribution is 7.80. The van der Waals surface area contributed by atoms with E-state index in [9.17, 15) is 0 Å². The third-order valence-corrected chi connectivity index (χ3v) is 1.96. The second kappa shape index (κ2) is 3.55. The van der Waals surface area contributed by atoms with Crippen molar-refractivity contribution < 1.29 is 0 Å². The topological polar surface area (TPSA) is 56.7 Å². The lowest BCUT2D eigenvalue weighted by Gasteiger charge is -2.02. The fraction of sp³-hybridized carbons (Fsp3) is 0. The first-order valence-electron chi connectivity index (χ1n) is 4.02. The Balaban J connectivity index is 2.46. The highest BCUT2D eigenvalue weighted by Crippen LogP contribution is 2.04. The van der Waals surface area contributed by atoms with Gasteiger partial charge in [0.05, 0.1) is 5.69 Å². The minimum atomic E-state index is 0.298. The number of pyridine rings is 1. The minimum Gasteiger partial charge on any atom is -0.388 e. The van der Waals surface area contributed by atoms with E-state index >= 15 is 0 Å². The number of nitrogens with two attached hydrogens (primary N) is 1. The van der Waals surface area contributed by atoms with Gasteiger partial charge in [-0.25, -0.2) is 9.97 Å². The monoisotopic (exact) mass is 204 g/mol. The van der Waals surface area contributed by atoms with Crippen molar-refractivity contribution in [1.82, 2.24) is 14.5 Å². The van der Waals surface area contributed by atoms with Gasteiger partial charge in [0.1, 0.15) is 17.1 Å². The summed E-state index contributed by atoms with van der Waals surface area (Å²) in [6.07, 6.45) is 5.17. The molecule has 0 amide bonds. The summed E-state index contributed by atoms with van der Waals surface area (Å²) in [6, 6.07) is 5.50. The molecule has 0 aliphatic heterocycles. The first-order valence-corrected chi connectivity index (χ1v) is 4.43. The molecule has 0 aliphatic rings. The number of hydrogen-bond donors (Lipinski definition) is 1. The van der Waals surface area contributed by atoms with E-state index in [-0.39, 0.29) is 0 Å². The van der Waals surface area contributed by atoms with E-state index < -0.39 is 0 Å². The lowest BCUT2D eigenvalue weighted by Crippen LogP contribution is -2.12. The number of aromatic nitrogens is 3. The zero-order chi connectivity index (χ0) is 9.97. The van der Waals surface area contributed by atoms with Crippen LogP contribution in [0.25, 0.3) is 5.82 Å². The van der Waals surface area contributed by atoms with Crippen LogP contribution in [0.3, 0.4) is 0 Å². The molecule has 4 nitrogen and oxygen atoms in total. The summed E-state index contributed by atoms with van der Waals surface area (Å²) < 4.78 is 1.79. The maximum Gasteiger partial charge on any atom is 0.138 e. The predicted octanol–water partition coefficient (Wildman–Crippen LogP) is 0.901. The normalized spacial score (nSPS) is 10.0. The van der Waals surface area contributed by atoms with Crippen LogP contribution in [0.4, 0.5) is 0 Å². The van der Waals surface area contributed by atoms with Gasteiger partial charge in [0, 0.05) is 12.4 Å². The van der Waals surface area contributed by atoms with Crippen LogP contribution in [-0.4, -0.2) is 19.5 Å². The van der Waals surface area contributed by atoms with Gasteiger partial charge in [0.15, 0.2) is 0 Å². The number of rotatable bonds is 2. The molecule has 0 atom stereocenters. The molecule has 0 aromatic carbocycles. The van der Waals surface area contributed by atoms with Crippen molar-refractivity contribution in [2.75, 3.05) is 0 Å². The first kappa shape index (κ1) is 8.83. The second-order valence-corrected chi connectivity index (χ2v) is 3.16. The Hall–Kier alpha value is -1.75. The summed E-state index contributed by atoms with van der Waals surface area (Å²) in [5.41, 5.74) is 6.10. The van der Waals surface area contributed by atoms with Crippen molar-refractivity contribution in [1.29, 1.82) is 0 Å². The molecule has 0 saturated carbocycles. The Bertz CT molecular complexity index is 450. The van der Waals surface area contributed by atoms with Crippen LogP contribution >= 0.6 is 12.2 Å². The van der Waals surface area contributed by atoms with E-state index in [4.69, 9.17) is 18.0 Å². The molecule has 70 valence electrons. The molecule has 2 aromatic rings. The largest absolute Gasteiger partial charge is 0.388 e. The van der Waals surface area contributed by atoms with Crippen LogP contribution in [0.15, 0.2) is 36.9 Å². The van der Waals surface area contributed by atoms with Crippen LogP contribution in [0.5, 0.6) is 0 Å². The van der Waals surface area contributed by atoms with Gasteiger partial charge in [-0.1, -0.05) is 18.3 Å². The minimum absolute atomic E-state index is 0.298. The summed E-state index contributed by atoms with van der Waals surface area (Å²) in [4.78, 5) is 8.50. The predicted molar refractivity (Wildman–Crippen MR) is 57.2 cm³/mol. The average Bonchev–Trinajstić information content (AvgIpc) is 2.71. The summed E-state index contributed by atoms with van der Waals surface area (Å²) in [7, 11) is 0. The third-order valence-electron chi connectivity index (χ3n) is 1.76. The number of nitrogens with zero attached hydrogens (tertiary/aromatic N) is 3. The Morgan fingerprint density at radius 3 is 2.93 bits per heavy atom. The Morgan fingerprint density at radius 1 is 1.43 bits per heavy atom. The molecular weight excluding hydrogens is 196 g/mol. The summed E-state index contributed by atoms with van der Waals surface area (Å²) in [6.45, 7) is 0. The molecule has 0 radical (unpaired) electrons. The van der Waals surface area contributed by atoms with Crippen LogP contribution in [0.1, 0.15) is 5.69 Å². The molecule has 2 heterocycles. The summed E-state index contributed by atoms with van der Waals surface area (Å²) >= 11 is 4.84. The maximum absolute atomic E-state index is 5.48. The molecule has 5 heteroatoms. The molecule has 0 unspecified atom stereocenters. The molecule has 0 bridgehead atoms. The molecule has 2 rings (SSSR count). The standard InChI is InChI=1S/C9H8N4S/c10-9(14)7-2-1-3-8(12-7)13-5-4-11-6-13/h1-6H,(H2,10,14). The Morgan fingerprint density at radius 2 is 2.29 bits per heavy atom. The SMILES string of the molecule is NC(=S)c1cccc(-n2ccnc2)n1. The van der Waals surface area contributed by atoms with Gasteiger partial charge in [0.2, 0.25) is 0 Å². The van der Waals surface area contributed by atoms with Crippen LogP contribution in [0.2, 0.25) is 0 Å². The molecule has 14 heavy (non-hydrogen) atoms. The van der Waals surface area contributed by atoms with E-state index in [1.54, 1.807) is 23.2 Å². The van der Waals surface area contributed by atoms with Crippen molar-refractivity contribution in [3.63, 3.8) is 0 Å². The highest BCUT2D eigenvalue weighted by Gasteiger charge is 2.00. The van der Waals surface area contributed by atoms with Gasteiger partial charge < -0.3 is 5.73 Å². The lowest BCUT2D eigenvalue weighted by molar-refractivity contribution is 0.989. The molecule has 2 N–H and O–H groups in total.